The molecule has 0 fully saturated rings. The molecule has 2 amide bonds. The second-order valence-electron chi connectivity index (χ2n) is 5.18. The van der Waals surface area contributed by atoms with Crippen LogP contribution in [0.1, 0.15) is 39.2 Å². The molecular formula is C19H20N2O2. The van der Waals surface area contributed by atoms with Crippen LogP contribution >= 0.6 is 0 Å². The summed E-state index contributed by atoms with van der Waals surface area (Å²) in [6.45, 7) is 5.90. The molecule has 2 aromatic rings. The van der Waals surface area contributed by atoms with Gasteiger partial charge in [0.15, 0.2) is 0 Å². The fraction of sp³-hybridized carbons (Fsp3) is 0.158. The summed E-state index contributed by atoms with van der Waals surface area (Å²) in [5.41, 5.74) is 2.08. The molecule has 1 unspecified atom stereocenters. The van der Waals surface area contributed by atoms with Crippen LogP contribution in [0.5, 0.6) is 0 Å². The lowest BCUT2D eigenvalue weighted by Crippen LogP contribution is -2.27. The first kappa shape index (κ1) is 16.5. The van der Waals surface area contributed by atoms with Crippen molar-refractivity contribution < 1.29 is 9.59 Å². The highest BCUT2D eigenvalue weighted by Crippen LogP contribution is 2.13. The van der Waals surface area contributed by atoms with Crippen LogP contribution in [0, 0.1) is 0 Å². The van der Waals surface area contributed by atoms with Gasteiger partial charge in [-0.3, -0.25) is 9.59 Å². The largest absolute Gasteiger partial charge is 0.349 e. The summed E-state index contributed by atoms with van der Waals surface area (Å²) in [6.07, 6.45) is 1.62. The molecule has 2 aromatic carbocycles. The number of hydrogen-bond acceptors (Lipinski definition) is 2. The second-order valence-corrected chi connectivity index (χ2v) is 5.18. The van der Waals surface area contributed by atoms with Crippen molar-refractivity contribution in [1.29, 1.82) is 0 Å². The monoisotopic (exact) mass is 308 g/mol. The van der Waals surface area contributed by atoms with Crippen LogP contribution in [0.4, 0.5) is 0 Å². The van der Waals surface area contributed by atoms with Crippen molar-refractivity contribution in [2.45, 2.75) is 13.0 Å². The highest BCUT2D eigenvalue weighted by Gasteiger charge is 2.12. The summed E-state index contributed by atoms with van der Waals surface area (Å²) in [5, 5.41) is 5.64. The Morgan fingerprint density at radius 2 is 1.57 bits per heavy atom. The van der Waals surface area contributed by atoms with E-state index >= 15 is 0 Å². The Morgan fingerprint density at radius 3 is 2.13 bits per heavy atom. The standard InChI is InChI=1S/C19H20N2O2/c1-3-13-20-18(22)16-9-11-17(12-10-16)19(23)21-14(2)15-7-5-4-6-8-15/h3-12,14H,1,13H2,2H3,(H,20,22)(H,21,23). The van der Waals surface area contributed by atoms with E-state index in [1.165, 1.54) is 0 Å². The Labute approximate surface area is 136 Å². The molecule has 0 aliphatic carbocycles. The van der Waals surface area contributed by atoms with Crippen LogP contribution in [0.3, 0.4) is 0 Å². The lowest BCUT2D eigenvalue weighted by Gasteiger charge is -2.14. The second kappa shape index (κ2) is 7.94. The zero-order valence-electron chi connectivity index (χ0n) is 13.1. The molecule has 2 rings (SSSR count). The Bertz CT molecular complexity index is 678. The number of benzene rings is 2. The van der Waals surface area contributed by atoms with Gasteiger partial charge in [0.2, 0.25) is 0 Å². The van der Waals surface area contributed by atoms with E-state index in [1.807, 2.05) is 37.3 Å². The van der Waals surface area contributed by atoms with Crippen LogP contribution in [0.2, 0.25) is 0 Å². The molecule has 1 atom stereocenters. The smallest absolute Gasteiger partial charge is 0.251 e. The minimum atomic E-state index is -0.186. The van der Waals surface area contributed by atoms with Crippen LogP contribution in [-0.2, 0) is 0 Å². The average molecular weight is 308 g/mol. The van der Waals surface area contributed by atoms with Crippen molar-refractivity contribution in [2.24, 2.45) is 0 Å². The first-order valence-electron chi connectivity index (χ1n) is 7.47. The number of nitrogens with one attached hydrogen (secondary N) is 2. The van der Waals surface area contributed by atoms with Gasteiger partial charge in [0.25, 0.3) is 11.8 Å². The number of carbonyl (C=O) groups excluding carboxylic acids is 2. The lowest BCUT2D eigenvalue weighted by molar-refractivity contribution is 0.0934. The predicted molar refractivity (Wildman–Crippen MR) is 91.3 cm³/mol. The zero-order valence-corrected chi connectivity index (χ0v) is 13.1. The van der Waals surface area contributed by atoms with E-state index in [9.17, 15) is 9.59 Å². The molecule has 118 valence electrons. The fourth-order valence-electron chi connectivity index (χ4n) is 2.14. The highest BCUT2D eigenvalue weighted by molar-refractivity contribution is 5.97. The Hall–Kier alpha value is -2.88. The minimum Gasteiger partial charge on any atom is -0.349 e. The van der Waals surface area contributed by atoms with Crippen LogP contribution in [0.15, 0.2) is 67.3 Å². The van der Waals surface area contributed by atoms with Gasteiger partial charge in [0.1, 0.15) is 0 Å². The van der Waals surface area contributed by atoms with E-state index in [0.29, 0.717) is 17.7 Å². The van der Waals surface area contributed by atoms with Crippen LogP contribution in [-0.4, -0.2) is 18.4 Å². The van der Waals surface area contributed by atoms with Crippen molar-refractivity contribution in [3.63, 3.8) is 0 Å². The van der Waals surface area contributed by atoms with Gasteiger partial charge in [-0.1, -0.05) is 36.4 Å². The maximum atomic E-state index is 12.3. The van der Waals surface area contributed by atoms with E-state index in [1.54, 1.807) is 30.3 Å². The van der Waals surface area contributed by atoms with Gasteiger partial charge in [-0.15, -0.1) is 6.58 Å². The third-order valence-corrected chi connectivity index (χ3v) is 3.46. The lowest BCUT2D eigenvalue weighted by atomic mass is 10.1. The van der Waals surface area contributed by atoms with E-state index in [0.717, 1.165) is 5.56 Å². The molecule has 4 nitrogen and oxygen atoms in total. The van der Waals surface area contributed by atoms with E-state index in [2.05, 4.69) is 17.2 Å². The Morgan fingerprint density at radius 1 is 1.00 bits per heavy atom. The SMILES string of the molecule is C=CCNC(=O)c1ccc(C(=O)NC(C)c2ccccc2)cc1. The predicted octanol–water partition coefficient (Wildman–Crippen LogP) is 3.09. The number of carbonyl (C=O) groups is 2. The number of amides is 2. The van der Waals surface area contributed by atoms with Crippen molar-refractivity contribution in [3.8, 4) is 0 Å². The molecule has 0 saturated heterocycles. The molecule has 0 heterocycles. The van der Waals surface area contributed by atoms with E-state index < -0.39 is 0 Å². The fourth-order valence-corrected chi connectivity index (χ4v) is 2.14. The quantitative estimate of drug-likeness (QED) is 0.806. The summed E-state index contributed by atoms with van der Waals surface area (Å²) in [5.74, 6) is -0.353. The molecule has 0 saturated carbocycles. The van der Waals surface area contributed by atoms with Crippen molar-refractivity contribution >= 4 is 11.8 Å². The molecule has 0 aliphatic rings. The van der Waals surface area contributed by atoms with Gasteiger partial charge in [-0.25, -0.2) is 0 Å². The zero-order chi connectivity index (χ0) is 16.7. The molecule has 0 radical (unpaired) electrons. The number of hydrogen-bond donors (Lipinski definition) is 2. The average Bonchev–Trinajstić information content (AvgIpc) is 2.60. The molecule has 2 N–H and O–H groups in total. The Kier molecular flexibility index (Phi) is 5.69. The summed E-state index contributed by atoms with van der Waals surface area (Å²) in [6, 6.07) is 16.2. The summed E-state index contributed by atoms with van der Waals surface area (Å²) < 4.78 is 0. The summed E-state index contributed by atoms with van der Waals surface area (Å²) >= 11 is 0. The Balaban J connectivity index is 2.00. The molecule has 0 bridgehead atoms. The highest BCUT2D eigenvalue weighted by atomic mass is 16.2. The first-order chi connectivity index (χ1) is 11.1. The van der Waals surface area contributed by atoms with Crippen molar-refractivity contribution in [2.75, 3.05) is 6.54 Å². The maximum absolute atomic E-state index is 12.3. The van der Waals surface area contributed by atoms with Gasteiger partial charge in [0.05, 0.1) is 6.04 Å². The third kappa shape index (κ3) is 4.54. The van der Waals surface area contributed by atoms with Crippen molar-refractivity contribution in [3.05, 3.63) is 83.9 Å². The van der Waals surface area contributed by atoms with E-state index in [4.69, 9.17) is 0 Å². The summed E-state index contributed by atoms with van der Waals surface area (Å²) in [4.78, 5) is 24.0. The number of rotatable bonds is 6. The van der Waals surface area contributed by atoms with Crippen molar-refractivity contribution in [1.82, 2.24) is 10.6 Å². The summed E-state index contributed by atoms with van der Waals surface area (Å²) in [7, 11) is 0. The van der Waals surface area contributed by atoms with Gasteiger partial charge in [0, 0.05) is 17.7 Å². The molecule has 23 heavy (non-hydrogen) atoms. The third-order valence-electron chi connectivity index (χ3n) is 3.46. The molecular weight excluding hydrogens is 288 g/mol. The molecule has 0 aromatic heterocycles. The first-order valence-corrected chi connectivity index (χ1v) is 7.47. The topological polar surface area (TPSA) is 58.2 Å². The van der Waals surface area contributed by atoms with Gasteiger partial charge in [-0.05, 0) is 36.8 Å². The van der Waals surface area contributed by atoms with Gasteiger partial charge in [-0.2, -0.15) is 0 Å². The minimum absolute atomic E-state index is 0.0840. The van der Waals surface area contributed by atoms with Gasteiger partial charge >= 0.3 is 0 Å². The molecule has 4 heteroatoms. The van der Waals surface area contributed by atoms with Gasteiger partial charge < -0.3 is 10.6 Å². The maximum Gasteiger partial charge on any atom is 0.251 e. The normalized spacial score (nSPS) is 11.3. The van der Waals surface area contributed by atoms with E-state index in [-0.39, 0.29) is 17.9 Å². The molecule has 0 aliphatic heterocycles. The molecule has 0 spiro atoms. The van der Waals surface area contributed by atoms with Crippen LogP contribution < -0.4 is 10.6 Å². The van der Waals surface area contributed by atoms with Crippen LogP contribution in [0.25, 0.3) is 0 Å².